The maximum atomic E-state index is 14.1. The third-order valence-corrected chi connectivity index (χ3v) is 6.56. The van der Waals surface area contributed by atoms with Crippen LogP contribution in [0.5, 0.6) is 0 Å². The van der Waals surface area contributed by atoms with Crippen molar-refractivity contribution in [3.63, 3.8) is 0 Å². The lowest BCUT2D eigenvalue weighted by atomic mass is 9.92. The van der Waals surface area contributed by atoms with Crippen LogP contribution in [-0.2, 0) is 14.3 Å². The van der Waals surface area contributed by atoms with Gasteiger partial charge in [-0.15, -0.1) is 0 Å². The summed E-state index contributed by atoms with van der Waals surface area (Å²) >= 11 is 0. The number of aliphatic hydroxyl groups is 1. The molecule has 0 aliphatic heterocycles. The number of aliphatic hydroxyl groups excluding tert-OH is 1. The Balaban J connectivity index is 2.63. The molecule has 0 aliphatic rings. The van der Waals surface area contributed by atoms with Gasteiger partial charge in [-0.25, -0.2) is 4.79 Å². The van der Waals surface area contributed by atoms with Gasteiger partial charge in [0.2, 0.25) is 5.91 Å². The summed E-state index contributed by atoms with van der Waals surface area (Å²) in [6.45, 7) is 15.9. The molecule has 0 spiro atoms. The third-order valence-electron chi connectivity index (χ3n) is 6.56. The number of ether oxygens (including phenoxy) is 1. The molecule has 3 unspecified atom stereocenters. The third kappa shape index (κ3) is 7.57. The molecule has 208 valence electrons. The number of nitrogens with one attached hydrogen (secondary N) is 2. The lowest BCUT2D eigenvalue weighted by molar-refractivity contribution is -0.144. The molecule has 38 heavy (non-hydrogen) atoms. The SMILES string of the molecule is CCC(C)N(C(=O)C(CO)NC(=O)OC(C)(C)C)C(C(=O)Nc1c(C)cccc1C)c1c(C)cccc1C. The Bertz CT molecular complexity index is 1110. The molecule has 0 aromatic heterocycles. The van der Waals surface area contributed by atoms with Crippen LogP contribution in [-0.4, -0.2) is 52.2 Å². The molecule has 0 bridgehead atoms. The van der Waals surface area contributed by atoms with Crippen LogP contribution in [0.4, 0.5) is 10.5 Å². The van der Waals surface area contributed by atoms with Gasteiger partial charge in [0.1, 0.15) is 17.7 Å². The predicted octanol–water partition coefficient (Wildman–Crippen LogP) is 5.11. The Kier molecular flexibility index (Phi) is 10.5. The van der Waals surface area contributed by atoms with Gasteiger partial charge in [0.05, 0.1) is 6.61 Å². The molecule has 3 amide bonds. The molecule has 2 aromatic rings. The maximum absolute atomic E-state index is 14.1. The molecule has 3 atom stereocenters. The Morgan fingerprint density at radius 2 is 1.45 bits per heavy atom. The summed E-state index contributed by atoms with van der Waals surface area (Å²) in [5, 5.41) is 15.7. The van der Waals surface area contributed by atoms with Crippen molar-refractivity contribution in [1.82, 2.24) is 10.2 Å². The molecule has 0 saturated heterocycles. The molecular weight excluding hydrogens is 482 g/mol. The second kappa shape index (κ2) is 12.9. The minimum absolute atomic E-state index is 0.373. The normalized spacial score (nSPS) is 13.7. The van der Waals surface area contributed by atoms with E-state index in [1.54, 1.807) is 20.8 Å². The number of hydrogen-bond donors (Lipinski definition) is 3. The van der Waals surface area contributed by atoms with E-state index in [-0.39, 0.29) is 11.9 Å². The number of rotatable bonds is 9. The quantitative estimate of drug-likeness (QED) is 0.422. The van der Waals surface area contributed by atoms with Crippen molar-refractivity contribution < 1.29 is 24.2 Å². The van der Waals surface area contributed by atoms with E-state index in [0.29, 0.717) is 17.7 Å². The largest absolute Gasteiger partial charge is 0.444 e. The van der Waals surface area contributed by atoms with Crippen molar-refractivity contribution in [2.24, 2.45) is 0 Å². The average Bonchev–Trinajstić information content (AvgIpc) is 2.82. The number of carbonyl (C=O) groups is 3. The first kappa shape index (κ1) is 30.8. The van der Waals surface area contributed by atoms with Gasteiger partial charge in [0.25, 0.3) is 5.91 Å². The summed E-state index contributed by atoms with van der Waals surface area (Å²) in [5.74, 6) is -0.945. The Morgan fingerprint density at radius 1 is 0.947 bits per heavy atom. The van der Waals surface area contributed by atoms with E-state index in [9.17, 15) is 19.5 Å². The van der Waals surface area contributed by atoms with Gasteiger partial charge in [-0.1, -0.05) is 43.3 Å². The van der Waals surface area contributed by atoms with Crippen LogP contribution >= 0.6 is 0 Å². The lowest BCUT2D eigenvalue weighted by Crippen LogP contribution is -2.56. The average molecular weight is 526 g/mol. The number of benzene rings is 2. The van der Waals surface area contributed by atoms with Crippen LogP contribution in [0, 0.1) is 27.7 Å². The van der Waals surface area contributed by atoms with E-state index in [2.05, 4.69) is 10.6 Å². The lowest BCUT2D eigenvalue weighted by Gasteiger charge is -2.39. The number of alkyl carbamates (subject to hydrolysis) is 1. The molecule has 2 aromatic carbocycles. The van der Waals surface area contributed by atoms with Crippen LogP contribution in [0.1, 0.15) is 74.9 Å². The summed E-state index contributed by atoms with van der Waals surface area (Å²) < 4.78 is 5.31. The number of amides is 3. The maximum Gasteiger partial charge on any atom is 0.408 e. The monoisotopic (exact) mass is 525 g/mol. The first-order valence-corrected chi connectivity index (χ1v) is 13.1. The summed E-state index contributed by atoms with van der Waals surface area (Å²) in [6.07, 6.45) is -0.272. The number of para-hydroxylation sites is 1. The van der Waals surface area contributed by atoms with Crippen LogP contribution in [0.15, 0.2) is 36.4 Å². The van der Waals surface area contributed by atoms with Gasteiger partial charge in [-0.05, 0) is 89.6 Å². The first-order chi connectivity index (χ1) is 17.7. The van der Waals surface area contributed by atoms with Gasteiger partial charge >= 0.3 is 6.09 Å². The van der Waals surface area contributed by atoms with Crippen LogP contribution in [0.25, 0.3) is 0 Å². The van der Waals surface area contributed by atoms with E-state index < -0.39 is 36.3 Å². The minimum atomic E-state index is -1.29. The van der Waals surface area contributed by atoms with Gasteiger partial charge in [0.15, 0.2) is 0 Å². The highest BCUT2D eigenvalue weighted by molar-refractivity contribution is 6.00. The van der Waals surface area contributed by atoms with Gasteiger partial charge in [-0.3, -0.25) is 9.59 Å². The minimum Gasteiger partial charge on any atom is -0.444 e. The van der Waals surface area contributed by atoms with Crippen LogP contribution in [0.2, 0.25) is 0 Å². The molecule has 0 radical (unpaired) electrons. The van der Waals surface area contributed by atoms with Gasteiger partial charge < -0.3 is 25.4 Å². The van der Waals surface area contributed by atoms with Crippen molar-refractivity contribution in [1.29, 1.82) is 0 Å². The Morgan fingerprint density at radius 3 is 1.89 bits per heavy atom. The fourth-order valence-corrected chi connectivity index (χ4v) is 4.47. The summed E-state index contributed by atoms with van der Waals surface area (Å²) in [4.78, 5) is 42.1. The Hall–Kier alpha value is -3.39. The molecule has 0 fully saturated rings. The van der Waals surface area contributed by atoms with Crippen molar-refractivity contribution in [2.45, 2.75) is 92.5 Å². The number of aryl methyl sites for hydroxylation is 4. The highest BCUT2D eigenvalue weighted by atomic mass is 16.6. The van der Waals surface area contributed by atoms with E-state index in [0.717, 1.165) is 22.3 Å². The standard InChI is InChI=1S/C30H43N3O5/c1-10-22(6)33(28(36)23(17-34)31-29(37)38-30(7,8)9)26(24-18(2)13-11-14-19(24)3)27(35)32-25-20(4)15-12-16-21(25)5/h11-16,22-23,26,34H,10,17H2,1-9H3,(H,31,37)(H,32,35). The van der Waals surface area contributed by atoms with Crippen molar-refractivity contribution in [3.05, 3.63) is 64.2 Å². The Labute approximate surface area is 226 Å². The zero-order valence-corrected chi connectivity index (χ0v) is 24.1. The molecule has 8 heteroatoms. The van der Waals surface area contributed by atoms with E-state index in [4.69, 9.17) is 4.74 Å². The van der Waals surface area contributed by atoms with Crippen molar-refractivity contribution in [3.8, 4) is 0 Å². The fourth-order valence-electron chi connectivity index (χ4n) is 4.47. The van der Waals surface area contributed by atoms with Crippen molar-refractivity contribution >= 4 is 23.6 Å². The second-order valence-corrected chi connectivity index (χ2v) is 10.8. The number of hydrogen-bond acceptors (Lipinski definition) is 5. The van der Waals surface area contributed by atoms with Crippen molar-refractivity contribution in [2.75, 3.05) is 11.9 Å². The summed E-state index contributed by atoms with van der Waals surface area (Å²) in [5.41, 5.74) is 4.13. The number of carbonyl (C=O) groups excluding carboxylic acids is 3. The van der Waals surface area contributed by atoms with Crippen LogP contribution < -0.4 is 10.6 Å². The number of anilines is 1. The highest BCUT2D eigenvalue weighted by Gasteiger charge is 2.39. The predicted molar refractivity (Wildman–Crippen MR) is 150 cm³/mol. The number of nitrogens with zero attached hydrogens (tertiary/aromatic N) is 1. The molecule has 2 rings (SSSR count). The van der Waals surface area contributed by atoms with E-state index in [1.807, 2.05) is 77.9 Å². The van der Waals surface area contributed by atoms with E-state index in [1.165, 1.54) is 4.90 Å². The highest BCUT2D eigenvalue weighted by Crippen LogP contribution is 2.32. The van der Waals surface area contributed by atoms with E-state index >= 15 is 0 Å². The molecule has 0 saturated carbocycles. The zero-order valence-electron chi connectivity index (χ0n) is 24.1. The van der Waals surface area contributed by atoms with Gasteiger partial charge in [-0.2, -0.15) is 0 Å². The molecule has 3 N–H and O–H groups in total. The smallest absolute Gasteiger partial charge is 0.408 e. The van der Waals surface area contributed by atoms with Crippen LogP contribution in [0.3, 0.4) is 0 Å². The molecule has 0 aliphatic carbocycles. The topological polar surface area (TPSA) is 108 Å². The summed E-state index contributed by atoms with van der Waals surface area (Å²) in [6, 6.07) is 8.79. The molecule has 8 nitrogen and oxygen atoms in total. The molecule has 0 heterocycles. The first-order valence-electron chi connectivity index (χ1n) is 13.1. The molecular formula is C30H43N3O5. The van der Waals surface area contributed by atoms with Gasteiger partial charge in [0, 0.05) is 11.7 Å². The zero-order chi connectivity index (χ0) is 28.8. The second-order valence-electron chi connectivity index (χ2n) is 10.8. The summed E-state index contributed by atoms with van der Waals surface area (Å²) in [7, 11) is 0. The fraction of sp³-hybridized carbons (Fsp3) is 0.500.